The van der Waals surface area contributed by atoms with Gasteiger partial charge in [0.05, 0.1) is 39.6 Å². The Morgan fingerprint density at radius 3 is 0.600 bits per heavy atom. The normalized spacial score (nSPS) is 6.90. The highest BCUT2D eigenvalue weighted by molar-refractivity contribution is 4.07. The van der Waals surface area contributed by atoms with Gasteiger partial charge in [0.15, 0.2) is 0 Å². The van der Waals surface area contributed by atoms with E-state index in [1.165, 1.54) is 0 Å². The van der Waals surface area contributed by atoms with E-state index in [9.17, 15) is 0 Å². The average Bonchev–Trinajstić information content (AvgIpc) is 2.37. The summed E-state index contributed by atoms with van der Waals surface area (Å²) in [6, 6.07) is 0. The summed E-state index contributed by atoms with van der Waals surface area (Å²) in [7, 11) is 0. The minimum absolute atomic E-state index is 0.125. The van der Waals surface area contributed by atoms with Gasteiger partial charge in [0, 0.05) is 0 Å². The van der Waals surface area contributed by atoms with Gasteiger partial charge in [-0.1, -0.05) is 0 Å². The Morgan fingerprint density at radius 2 is 0.600 bits per heavy atom. The SMILES string of the molecule is O=[N+]([O-])O.O=[N+]([O-])O.OCCO.OCCO.OCCO. The Bertz CT molecular complexity index is 133. The van der Waals surface area contributed by atoms with E-state index in [1.807, 2.05) is 0 Å². The number of hydrogen-bond acceptors (Lipinski definition) is 10. The Morgan fingerprint density at radius 1 is 0.550 bits per heavy atom. The topological polar surface area (TPSA) is 248 Å². The Labute approximate surface area is 112 Å². The van der Waals surface area contributed by atoms with Crippen LogP contribution in [0.15, 0.2) is 0 Å². The molecule has 0 aliphatic carbocycles. The highest BCUT2D eigenvalue weighted by Crippen LogP contribution is 1.40. The van der Waals surface area contributed by atoms with Crippen molar-refractivity contribution in [2.75, 3.05) is 39.6 Å². The molecule has 0 radical (unpaired) electrons. The molecule has 8 N–H and O–H groups in total. The molecule has 0 saturated heterocycles. The fourth-order valence-electron chi connectivity index (χ4n) is 0. The summed E-state index contributed by atoms with van der Waals surface area (Å²) in [5, 5.41) is 73.0. The molecule has 0 aromatic carbocycles. The standard InChI is InChI=1S/3C2H6O2.2HNO3/c3*3-1-2-4;2*2-1(3)4/h3*3-4H,1-2H2;2*(H,2,3,4). The van der Waals surface area contributed by atoms with E-state index in [1.54, 1.807) is 0 Å². The predicted molar refractivity (Wildman–Crippen MR) is 60.1 cm³/mol. The predicted octanol–water partition coefficient (Wildman–Crippen LogP) is -3.78. The highest BCUT2D eigenvalue weighted by atomic mass is 16.9. The molecule has 0 fully saturated rings. The molecule has 0 amide bonds. The molecule has 0 bridgehead atoms. The van der Waals surface area contributed by atoms with Gasteiger partial charge in [-0.05, 0) is 0 Å². The molecule has 0 unspecified atom stereocenters. The third kappa shape index (κ3) is 2760. The summed E-state index contributed by atoms with van der Waals surface area (Å²) >= 11 is 0. The first-order valence-corrected chi connectivity index (χ1v) is 4.53. The fourth-order valence-corrected chi connectivity index (χ4v) is 0. The van der Waals surface area contributed by atoms with Crippen molar-refractivity contribution >= 4 is 0 Å². The van der Waals surface area contributed by atoms with Crippen LogP contribution in [-0.4, -0.2) is 90.9 Å². The van der Waals surface area contributed by atoms with Crippen LogP contribution in [-0.2, 0) is 0 Å². The second-order valence-corrected chi connectivity index (χ2v) is 1.82. The second-order valence-electron chi connectivity index (χ2n) is 1.82. The van der Waals surface area contributed by atoms with Crippen LogP contribution in [0.4, 0.5) is 0 Å². The van der Waals surface area contributed by atoms with Crippen molar-refractivity contribution in [2.45, 2.75) is 0 Å². The Kier molecular flexibility index (Phi) is 67.0. The minimum atomic E-state index is -1.50. The van der Waals surface area contributed by atoms with Gasteiger partial charge in [0.1, 0.15) is 0 Å². The third-order valence-corrected chi connectivity index (χ3v) is 0.300. The second kappa shape index (κ2) is 43.4. The minimum Gasteiger partial charge on any atom is -0.394 e. The van der Waals surface area contributed by atoms with Crippen molar-refractivity contribution in [3.63, 3.8) is 0 Å². The van der Waals surface area contributed by atoms with Crippen LogP contribution in [0.5, 0.6) is 0 Å². The van der Waals surface area contributed by atoms with Crippen LogP contribution in [0.1, 0.15) is 0 Å². The lowest BCUT2D eigenvalue weighted by Gasteiger charge is -1.70. The first-order chi connectivity index (χ1) is 9.21. The Hall–Kier alpha value is -1.84. The van der Waals surface area contributed by atoms with Gasteiger partial charge in [0.2, 0.25) is 0 Å². The smallest absolute Gasteiger partial charge is 0.291 e. The van der Waals surface area contributed by atoms with Crippen molar-refractivity contribution in [1.82, 2.24) is 0 Å². The van der Waals surface area contributed by atoms with Crippen molar-refractivity contribution in [1.29, 1.82) is 0 Å². The number of nitrogens with zero attached hydrogens (tertiary/aromatic N) is 2. The van der Waals surface area contributed by atoms with Crippen LogP contribution in [0.25, 0.3) is 0 Å². The molecule has 20 heavy (non-hydrogen) atoms. The summed E-state index contributed by atoms with van der Waals surface area (Å²) in [6.07, 6.45) is 0. The number of rotatable bonds is 3. The van der Waals surface area contributed by atoms with Gasteiger partial charge >= 0.3 is 0 Å². The van der Waals surface area contributed by atoms with E-state index in [4.69, 9.17) is 61.3 Å². The number of aliphatic hydroxyl groups excluding tert-OH is 6. The average molecular weight is 312 g/mol. The zero-order valence-corrected chi connectivity index (χ0v) is 10.3. The van der Waals surface area contributed by atoms with E-state index < -0.39 is 10.2 Å². The summed E-state index contributed by atoms with van der Waals surface area (Å²) in [5.74, 6) is 0. The van der Waals surface area contributed by atoms with Crippen molar-refractivity contribution in [3.8, 4) is 0 Å². The lowest BCUT2D eigenvalue weighted by molar-refractivity contribution is -0.742. The van der Waals surface area contributed by atoms with Crippen molar-refractivity contribution in [3.05, 3.63) is 20.2 Å². The zero-order valence-electron chi connectivity index (χ0n) is 10.3. The van der Waals surface area contributed by atoms with Crippen molar-refractivity contribution < 1.29 is 51.2 Å². The lowest BCUT2D eigenvalue weighted by Crippen LogP contribution is -1.85. The monoisotopic (exact) mass is 312 g/mol. The maximum Gasteiger partial charge on any atom is 0.291 e. The van der Waals surface area contributed by atoms with Gasteiger partial charge in [-0.15, -0.1) is 20.2 Å². The molecule has 0 rings (SSSR count). The van der Waals surface area contributed by atoms with Crippen molar-refractivity contribution in [2.24, 2.45) is 0 Å². The van der Waals surface area contributed by atoms with E-state index in [0.29, 0.717) is 0 Å². The molecule has 126 valence electrons. The zero-order chi connectivity index (χ0) is 17.4. The fraction of sp³-hybridized carbons (Fsp3) is 1.00. The molecule has 0 heterocycles. The molecule has 0 aliphatic heterocycles. The van der Waals surface area contributed by atoms with Gasteiger partial charge in [-0.3, -0.25) is 0 Å². The third-order valence-electron chi connectivity index (χ3n) is 0.300. The highest BCUT2D eigenvalue weighted by Gasteiger charge is 1.66. The van der Waals surface area contributed by atoms with E-state index in [2.05, 4.69) is 0 Å². The van der Waals surface area contributed by atoms with Crippen LogP contribution in [0.2, 0.25) is 0 Å². The van der Waals surface area contributed by atoms with Gasteiger partial charge < -0.3 is 41.1 Å². The molecule has 0 aliphatic rings. The molecule has 0 spiro atoms. The molecule has 0 aromatic heterocycles. The van der Waals surface area contributed by atoms with Gasteiger partial charge in [-0.2, -0.15) is 0 Å². The first kappa shape index (κ1) is 30.9. The molecule has 0 atom stereocenters. The quantitative estimate of drug-likeness (QED) is 0.184. The first-order valence-electron chi connectivity index (χ1n) is 4.53. The summed E-state index contributed by atoms with van der Waals surface area (Å²) < 4.78 is 0. The van der Waals surface area contributed by atoms with E-state index >= 15 is 0 Å². The van der Waals surface area contributed by atoms with Gasteiger partial charge in [-0.25, -0.2) is 0 Å². The van der Waals surface area contributed by atoms with Crippen LogP contribution < -0.4 is 0 Å². The van der Waals surface area contributed by atoms with E-state index in [-0.39, 0.29) is 39.6 Å². The van der Waals surface area contributed by atoms with E-state index in [0.717, 1.165) is 0 Å². The van der Waals surface area contributed by atoms with Crippen LogP contribution >= 0.6 is 0 Å². The maximum absolute atomic E-state index is 8.36. The molecule has 14 nitrogen and oxygen atoms in total. The van der Waals surface area contributed by atoms with Crippen LogP contribution in [0.3, 0.4) is 0 Å². The van der Waals surface area contributed by atoms with Crippen LogP contribution in [0, 0.1) is 20.2 Å². The summed E-state index contributed by atoms with van der Waals surface area (Å²) in [5.41, 5.74) is 0. The molecular weight excluding hydrogens is 292 g/mol. The lowest BCUT2D eigenvalue weighted by atomic mass is 10.8. The molecule has 0 saturated carbocycles. The molecular formula is C6H20N2O12. The largest absolute Gasteiger partial charge is 0.394 e. The Balaban J connectivity index is -0.0000000469. The maximum atomic E-state index is 8.36. The molecule has 14 heteroatoms. The number of hydrogen-bond donors (Lipinski definition) is 8. The molecule has 0 aromatic rings. The number of aliphatic hydroxyl groups is 6. The van der Waals surface area contributed by atoms with Gasteiger partial charge in [0.25, 0.3) is 10.2 Å². The summed E-state index contributed by atoms with van der Waals surface area (Å²) in [6.45, 7) is -0.750. The summed E-state index contributed by atoms with van der Waals surface area (Å²) in [4.78, 5) is 16.7.